The average Bonchev–Trinajstić information content (AvgIpc) is 2.37. The van der Waals surface area contributed by atoms with Gasteiger partial charge in [0.25, 0.3) is 0 Å². The fourth-order valence-corrected chi connectivity index (χ4v) is 2.95. The maximum Gasteiger partial charge on any atom is 0.179 e. The first kappa shape index (κ1) is 14.5. The molecule has 0 bridgehead atoms. The van der Waals surface area contributed by atoms with Crippen molar-refractivity contribution in [2.45, 2.75) is 39.7 Å². The predicted octanol–water partition coefficient (Wildman–Crippen LogP) is 4.03. The van der Waals surface area contributed by atoms with Gasteiger partial charge in [-0.25, -0.2) is 0 Å². The van der Waals surface area contributed by atoms with Crippen molar-refractivity contribution in [3.63, 3.8) is 0 Å². The molecule has 0 N–H and O–H groups in total. The topological polar surface area (TPSA) is 20.3 Å². The van der Waals surface area contributed by atoms with Gasteiger partial charge in [0.1, 0.15) is 0 Å². The van der Waals surface area contributed by atoms with E-state index in [9.17, 15) is 4.79 Å². The summed E-state index contributed by atoms with van der Waals surface area (Å²) in [5, 5.41) is 0.670. The monoisotopic (exact) mass is 279 g/mol. The standard InChI is InChI=1S/C16H22ClNO/c1-12(18-10-4-9-16(2,3)11-18)15(19)13-5-7-14(17)8-6-13/h5-8,12H,4,9-11H2,1-3H3. The summed E-state index contributed by atoms with van der Waals surface area (Å²) in [4.78, 5) is 14.8. The van der Waals surface area contributed by atoms with Crippen LogP contribution >= 0.6 is 11.6 Å². The van der Waals surface area contributed by atoms with E-state index in [4.69, 9.17) is 11.6 Å². The van der Waals surface area contributed by atoms with Crippen LogP contribution in [0.4, 0.5) is 0 Å². The highest BCUT2D eigenvalue weighted by molar-refractivity contribution is 6.30. The zero-order valence-corrected chi connectivity index (χ0v) is 12.7. The Morgan fingerprint density at radius 2 is 1.95 bits per heavy atom. The molecule has 1 heterocycles. The lowest BCUT2D eigenvalue weighted by Crippen LogP contribution is -2.47. The summed E-state index contributed by atoms with van der Waals surface area (Å²) in [5.41, 5.74) is 1.06. The number of carbonyl (C=O) groups is 1. The van der Waals surface area contributed by atoms with Crippen LogP contribution in [-0.2, 0) is 0 Å². The van der Waals surface area contributed by atoms with Crippen LogP contribution in [0, 0.1) is 5.41 Å². The summed E-state index contributed by atoms with van der Waals surface area (Å²) in [5.74, 6) is 0.189. The minimum Gasteiger partial charge on any atom is -0.293 e. The number of carbonyl (C=O) groups excluding carboxylic acids is 1. The maximum absolute atomic E-state index is 12.5. The Kier molecular flexibility index (Phi) is 4.32. The van der Waals surface area contributed by atoms with E-state index in [1.165, 1.54) is 12.8 Å². The summed E-state index contributed by atoms with van der Waals surface area (Å²) < 4.78 is 0. The molecule has 0 radical (unpaired) electrons. The Labute approximate surface area is 120 Å². The van der Waals surface area contributed by atoms with Gasteiger partial charge in [-0.05, 0) is 56.0 Å². The van der Waals surface area contributed by atoms with E-state index in [0.29, 0.717) is 10.4 Å². The molecule has 0 spiro atoms. The smallest absolute Gasteiger partial charge is 0.179 e. The molecular formula is C16H22ClNO. The zero-order chi connectivity index (χ0) is 14.0. The molecule has 104 valence electrons. The van der Waals surface area contributed by atoms with Gasteiger partial charge in [0.2, 0.25) is 0 Å². The third-order valence-corrected chi connectivity index (χ3v) is 4.24. The SMILES string of the molecule is CC(C(=O)c1ccc(Cl)cc1)N1CCCC(C)(C)C1. The molecule has 2 rings (SSSR count). The first-order valence-corrected chi connectivity index (χ1v) is 7.31. The number of halogens is 1. The van der Waals surface area contributed by atoms with Gasteiger partial charge in [0.15, 0.2) is 5.78 Å². The highest BCUT2D eigenvalue weighted by Crippen LogP contribution is 2.30. The molecule has 19 heavy (non-hydrogen) atoms. The summed E-state index contributed by atoms with van der Waals surface area (Å²) in [7, 11) is 0. The van der Waals surface area contributed by atoms with E-state index in [1.807, 2.05) is 19.1 Å². The lowest BCUT2D eigenvalue weighted by Gasteiger charge is -2.40. The van der Waals surface area contributed by atoms with Crippen molar-refractivity contribution in [2.24, 2.45) is 5.41 Å². The van der Waals surface area contributed by atoms with Crippen LogP contribution in [0.15, 0.2) is 24.3 Å². The molecule has 1 aliphatic rings. The Balaban J connectivity index is 2.08. The van der Waals surface area contributed by atoms with Crippen molar-refractivity contribution in [2.75, 3.05) is 13.1 Å². The highest BCUT2D eigenvalue weighted by Gasteiger charge is 2.31. The molecular weight excluding hydrogens is 258 g/mol. The quantitative estimate of drug-likeness (QED) is 0.779. The number of rotatable bonds is 3. The van der Waals surface area contributed by atoms with Crippen LogP contribution in [0.2, 0.25) is 5.02 Å². The van der Waals surface area contributed by atoms with E-state index in [0.717, 1.165) is 18.7 Å². The number of hydrogen-bond acceptors (Lipinski definition) is 2. The number of nitrogens with zero attached hydrogens (tertiary/aromatic N) is 1. The fraction of sp³-hybridized carbons (Fsp3) is 0.562. The van der Waals surface area contributed by atoms with Gasteiger partial charge < -0.3 is 0 Å². The molecule has 3 heteroatoms. The first-order valence-electron chi connectivity index (χ1n) is 6.93. The third kappa shape index (κ3) is 3.58. The zero-order valence-electron chi connectivity index (χ0n) is 11.9. The van der Waals surface area contributed by atoms with E-state index in [2.05, 4.69) is 18.7 Å². The first-order chi connectivity index (χ1) is 8.89. The van der Waals surface area contributed by atoms with Gasteiger partial charge in [0, 0.05) is 17.1 Å². The summed E-state index contributed by atoms with van der Waals surface area (Å²) in [6.45, 7) is 8.58. The van der Waals surface area contributed by atoms with Crippen LogP contribution in [0.5, 0.6) is 0 Å². The van der Waals surface area contributed by atoms with Gasteiger partial charge in [0.05, 0.1) is 6.04 Å². The van der Waals surface area contributed by atoms with Gasteiger partial charge in [-0.3, -0.25) is 9.69 Å². The number of Topliss-reactive ketones (excluding diaryl/α,β-unsaturated/α-hetero) is 1. The molecule has 1 aromatic carbocycles. The number of hydrogen-bond donors (Lipinski definition) is 0. The Bertz CT molecular complexity index is 452. The second-order valence-electron chi connectivity index (χ2n) is 6.29. The highest BCUT2D eigenvalue weighted by atomic mass is 35.5. The Morgan fingerprint density at radius 1 is 1.32 bits per heavy atom. The van der Waals surface area contributed by atoms with Crippen molar-refractivity contribution < 1.29 is 4.79 Å². The van der Waals surface area contributed by atoms with Gasteiger partial charge >= 0.3 is 0 Å². The van der Waals surface area contributed by atoms with E-state index in [1.54, 1.807) is 12.1 Å². The predicted molar refractivity (Wildman–Crippen MR) is 79.8 cm³/mol. The van der Waals surface area contributed by atoms with Gasteiger partial charge in [-0.15, -0.1) is 0 Å². The lowest BCUT2D eigenvalue weighted by atomic mass is 9.83. The van der Waals surface area contributed by atoms with Crippen LogP contribution in [0.1, 0.15) is 44.0 Å². The third-order valence-electron chi connectivity index (χ3n) is 3.99. The number of piperidine rings is 1. The molecule has 0 saturated carbocycles. The fourth-order valence-electron chi connectivity index (χ4n) is 2.82. The summed E-state index contributed by atoms with van der Waals surface area (Å²) in [6, 6.07) is 7.14. The van der Waals surface area contributed by atoms with Crippen LogP contribution in [0.25, 0.3) is 0 Å². The maximum atomic E-state index is 12.5. The molecule has 1 unspecified atom stereocenters. The molecule has 1 saturated heterocycles. The Morgan fingerprint density at radius 3 is 2.53 bits per heavy atom. The molecule has 1 fully saturated rings. The van der Waals surface area contributed by atoms with Gasteiger partial charge in [-0.2, -0.15) is 0 Å². The van der Waals surface area contributed by atoms with Crippen molar-refractivity contribution in [1.82, 2.24) is 4.90 Å². The van der Waals surface area contributed by atoms with E-state index < -0.39 is 0 Å². The van der Waals surface area contributed by atoms with Crippen LogP contribution in [0.3, 0.4) is 0 Å². The van der Waals surface area contributed by atoms with Crippen LogP contribution in [-0.4, -0.2) is 29.8 Å². The second-order valence-corrected chi connectivity index (χ2v) is 6.72. The molecule has 2 nitrogen and oxygen atoms in total. The van der Waals surface area contributed by atoms with Crippen molar-refractivity contribution in [1.29, 1.82) is 0 Å². The average molecular weight is 280 g/mol. The second kappa shape index (κ2) is 5.64. The van der Waals surface area contributed by atoms with E-state index in [-0.39, 0.29) is 11.8 Å². The molecule has 0 aromatic heterocycles. The molecule has 1 atom stereocenters. The molecule has 0 aliphatic carbocycles. The van der Waals surface area contributed by atoms with Gasteiger partial charge in [-0.1, -0.05) is 25.4 Å². The van der Waals surface area contributed by atoms with Crippen LogP contribution < -0.4 is 0 Å². The number of ketones is 1. The molecule has 0 amide bonds. The minimum atomic E-state index is -0.0549. The summed E-state index contributed by atoms with van der Waals surface area (Å²) >= 11 is 5.86. The number of benzene rings is 1. The lowest BCUT2D eigenvalue weighted by molar-refractivity contribution is 0.0626. The molecule has 1 aliphatic heterocycles. The van der Waals surface area contributed by atoms with E-state index >= 15 is 0 Å². The van der Waals surface area contributed by atoms with Crippen molar-refractivity contribution in [3.8, 4) is 0 Å². The van der Waals surface area contributed by atoms with Crippen molar-refractivity contribution in [3.05, 3.63) is 34.9 Å². The largest absolute Gasteiger partial charge is 0.293 e. The number of likely N-dealkylation sites (tertiary alicyclic amines) is 1. The summed E-state index contributed by atoms with van der Waals surface area (Å²) in [6.07, 6.45) is 2.41. The van der Waals surface area contributed by atoms with Crippen molar-refractivity contribution >= 4 is 17.4 Å². The minimum absolute atomic E-state index is 0.0549. The Hall–Kier alpha value is -0.860. The normalized spacial score (nSPS) is 21.1. The molecule has 1 aromatic rings.